The maximum Gasteiger partial charge on any atom is 0.0873 e. The van der Waals surface area contributed by atoms with Crippen LogP contribution in [0.2, 0.25) is 0 Å². The monoisotopic (exact) mass is 421 g/mol. The van der Waals surface area contributed by atoms with Crippen LogP contribution in [0.4, 0.5) is 0 Å². The molecule has 0 amide bonds. The Morgan fingerprint density at radius 3 is 2.18 bits per heavy atom. The molecular weight excluding hydrogens is 402 g/mol. The van der Waals surface area contributed by atoms with Crippen LogP contribution in [0.15, 0.2) is 97.1 Å². The first-order valence-corrected chi connectivity index (χ1v) is 11.0. The Bertz CT molecular complexity index is 1850. The Kier molecular flexibility index (Phi) is 3.57. The minimum Gasteiger partial charge on any atom is -0.309 e. The first-order chi connectivity index (χ1) is 16.2. The zero-order valence-corrected chi connectivity index (χ0v) is 17.8. The van der Waals surface area contributed by atoms with Gasteiger partial charge in [0.15, 0.2) is 0 Å². The second kappa shape index (κ2) is 6.50. The van der Waals surface area contributed by atoms with Crippen LogP contribution >= 0.6 is 0 Å². The number of allylic oxidation sites excluding steroid dienone is 1. The van der Waals surface area contributed by atoms with Gasteiger partial charge in [0.1, 0.15) is 0 Å². The lowest BCUT2D eigenvalue weighted by Gasteiger charge is -2.17. The van der Waals surface area contributed by atoms with Crippen molar-refractivity contribution in [3.63, 3.8) is 0 Å². The van der Waals surface area contributed by atoms with Crippen LogP contribution in [-0.2, 0) is 0 Å². The molecule has 1 aliphatic rings. The molecule has 0 bridgehead atoms. The van der Waals surface area contributed by atoms with Crippen molar-refractivity contribution in [2.75, 3.05) is 0 Å². The predicted octanol–water partition coefficient (Wildman–Crippen LogP) is 7.50. The molecule has 3 heteroatoms. The van der Waals surface area contributed by atoms with E-state index in [0.29, 0.717) is 0 Å². The van der Waals surface area contributed by atoms with E-state index in [-0.39, 0.29) is 11.4 Å². The quantitative estimate of drug-likeness (QED) is 0.276. The minimum absolute atomic E-state index is 0.253. The Labute approximate surface area is 190 Å². The number of nitrogens with zero attached hydrogens (tertiary/aromatic N) is 1. The van der Waals surface area contributed by atoms with Crippen molar-refractivity contribution < 1.29 is 0 Å². The molecule has 0 saturated heterocycles. The van der Waals surface area contributed by atoms with Crippen LogP contribution in [0.25, 0.3) is 55.1 Å². The normalized spacial score (nSPS) is 13.5. The van der Waals surface area contributed by atoms with E-state index in [0.717, 1.165) is 33.1 Å². The molecule has 0 radical (unpaired) electrons. The number of benzene rings is 5. The molecule has 2 N–H and O–H groups in total. The van der Waals surface area contributed by atoms with E-state index in [1.54, 1.807) is 6.08 Å². The first-order valence-electron chi connectivity index (χ1n) is 11.0. The number of hydrogen-bond acceptors (Lipinski definition) is 2. The third kappa shape index (κ3) is 2.50. The van der Waals surface area contributed by atoms with Gasteiger partial charge in [-0.3, -0.25) is 10.8 Å². The third-order valence-corrected chi connectivity index (χ3v) is 6.78. The molecule has 0 spiro atoms. The number of hydrogen-bond donors (Lipinski definition) is 2. The SMILES string of the molecule is N=C1C=Cc2ccc3ccc(-n4c5ccccc5c5cc6ccccc6cc54)cc3c2C1=N. The molecule has 1 heterocycles. The largest absolute Gasteiger partial charge is 0.309 e. The molecule has 1 aromatic heterocycles. The van der Waals surface area contributed by atoms with Gasteiger partial charge in [0.05, 0.1) is 22.5 Å². The number of para-hydroxylation sites is 1. The highest BCUT2D eigenvalue weighted by Gasteiger charge is 2.19. The summed E-state index contributed by atoms with van der Waals surface area (Å²) in [7, 11) is 0. The summed E-state index contributed by atoms with van der Waals surface area (Å²) in [5.41, 5.74) is 5.76. The number of aromatic nitrogens is 1. The second-order valence-corrected chi connectivity index (χ2v) is 8.63. The molecule has 154 valence electrons. The lowest BCUT2D eigenvalue weighted by molar-refractivity contribution is 1.19. The van der Waals surface area contributed by atoms with Crippen LogP contribution in [-0.4, -0.2) is 16.0 Å². The average molecular weight is 422 g/mol. The lowest BCUT2D eigenvalue weighted by Crippen LogP contribution is -2.16. The van der Waals surface area contributed by atoms with Crippen molar-refractivity contribution in [1.29, 1.82) is 10.8 Å². The van der Waals surface area contributed by atoms with Crippen molar-refractivity contribution in [3.8, 4) is 5.69 Å². The molecule has 7 rings (SSSR count). The maximum atomic E-state index is 8.57. The number of fused-ring (bicyclic) bond motifs is 7. The summed E-state index contributed by atoms with van der Waals surface area (Å²) < 4.78 is 2.32. The summed E-state index contributed by atoms with van der Waals surface area (Å²) in [6.07, 6.45) is 3.65. The Hall–Kier alpha value is -4.50. The second-order valence-electron chi connectivity index (χ2n) is 8.63. The maximum absolute atomic E-state index is 8.57. The lowest BCUT2D eigenvalue weighted by atomic mass is 9.89. The molecule has 0 saturated carbocycles. The van der Waals surface area contributed by atoms with E-state index in [1.165, 1.54) is 27.1 Å². The van der Waals surface area contributed by atoms with Gasteiger partial charge in [-0.15, -0.1) is 0 Å². The van der Waals surface area contributed by atoms with E-state index in [9.17, 15) is 0 Å². The fourth-order valence-electron chi connectivity index (χ4n) is 5.21. The van der Waals surface area contributed by atoms with E-state index in [1.807, 2.05) is 12.1 Å². The topological polar surface area (TPSA) is 52.6 Å². The van der Waals surface area contributed by atoms with Crippen molar-refractivity contribution in [2.24, 2.45) is 0 Å². The molecule has 0 aliphatic heterocycles. The molecule has 0 atom stereocenters. The van der Waals surface area contributed by atoms with Crippen LogP contribution in [0.3, 0.4) is 0 Å². The Morgan fingerprint density at radius 2 is 1.30 bits per heavy atom. The van der Waals surface area contributed by atoms with Crippen LogP contribution in [0, 0.1) is 10.8 Å². The van der Waals surface area contributed by atoms with E-state index in [4.69, 9.17) is 10.8 Å². The number of rotatable bonds is 1. The van der Waals surface area contributed by atoms with E-state index in [2.05, 4.69) is 89.5 Å². The average Bonchev–Trinajstić information content (AvgIpc) is 3.17. The summed E-state index contributed by atoms with van der Waals surface area (Å²) >= 11 is 0. The summed E-state index contributed by atoms with van der Waals surface area (Å²) in [5.74, 6) is 0. The fourth-order valence-corrected chi connectivity index (χ4v) is 5.21. The van der Waals surface area contributed by atoms with E-state index >= 15 is 0 Å². The van der Waals surface area contributed by atoms with Gasteiger partial charge in [-0.1, -0.05) is 66.7 Å². The first kappa shape index (κ1) is 18.1. The summed E-state index contributed by atoms with van der Waals surface area (Å²) in [6.45, 7) is 0. The highest BCUT2D eigenvalue weighted by Crippen LogP contribution is 2.36. The van der Waals surface area contributed by atoms with Crippen LogP contribution in [0.5, 0.6) is 0 Å². The smallest absolute Gasteiger partial charge is 0.0873 e. The Morgan fingerprint density at radius 1 is 0.545 bits per heavy atom. The van der Waals surface area contributed by atoms with Gasteiger partial charge < -0.3 is 4.57 Å². The zero-order valence-electron chi connectivity index (χ0n) is 17.8. The van der Waals surface area contributed by atoms with Crippen molar-refractivity contribution in [1.82, 2.24) is 4.57 Å². The van der Waals surface area contributed by atoms with Gasteiger partial charge in [-0.05, 0) is 63.5 Å². The molecular formula is C30H19N3. The molecule has 1 aliphatic carbocycles. The van der Waals surface area contributed by atoms with Crippen LogP contribution in [0.1, 0.15) is 11.1 Å². The van der Waals surface area contributed by atoms with Crippen molar-refractivity contribution in [2.45, 2.75) is 0 Å². The van der Waals surface area contributed by atoms with Crippen molar-refractivity contribution in [3.05, 3.63) is 108 Å². The van der Waals surface area contributed by atoms with Gasteiger partial charge >= 0.3 is 0 Å². The Balaban J connectivity index is 1.60. The highest BCUT2D eigenvalue weighted by atomic mass is 15.0. The third-order valence-electron chi connectivity index (χ3n) is 6.78. The molecule has 3 nitrogen and oxygen atoms in total. The predicted molar refractivity (Wildman–Crippen MR) is 139 cm³/mol. The van der Waals surface area contributed by atoms with Gasteiger partial charge in [-0.25, -0.2) is 0 Å². The van der Waals surface area contributed by atoms with Crippen molar-refractivity contribution >= 4 is 60.9 Å². The molecule has 6 aromatic rings. The minimum atomic E-state index is 0.253. The molecule has 33 heavy (non-hydrogen) atoms. The van der Waals surface area contributed by atoms with Gasteiger partial charge in [0.25, 0.3) is 0 Å². The van der Waals surface area contributed by atoms with E-state index < -0.39 is 0 Å². The van der Waals surface area contributed by atoms with Gasteiger partial charge in [0.2, 0.25) is 0 Å². The van der Waals surface area contributed by atoms with Gasteiger partial charge in [-0.2, -0.15) is 0 Å². The highest BCUT2D eigenvalue weighted by molar-refractivity contribution is 6.53. The fraction of sp³-hybridized carbons (Fsp3) is 0. The molecule has 0 fully saturated rings. The summed E-state index contributed by atoms with van der Waals surface area (Å²) in [5, 5.41) is 23.7. The zero-order chi connectivity index (χ0) is 22.1. The molecule has 0 unspecified atom stereocenters. The number of nitrogens with one attached hydrogen (secondary N) is 2. The summed E-state index contributed by atoms with van der Waals surface area (Å²) in [4.78, 5) is 0. The molecule has 5 aromatic carbocycles. The summed E-state index contributed by atoms with van der Waals surface area (Å²) in [6, 6.07) is 32.2. The standard InChI is InChI=1S/C30H19N3/c31-26-14-12-19-10-9-18-11-13-22(17-24(18)29(19)30(26)32)33-27-8-4-3-7-23(27)25-15-20-5-1-2-6-21(20)16-28(25)33/h1-17,31-32H. The van der Waals surface area contributed by atoms with Gasteiger partial charge in [0, 0.05) is 22.0 Å². The van der Waals surface area contributed by atoms with Crippen LogP contribution < -0.4 is 0 Å².